The minimum Gasteiger partial charge on any atom is -0.336 e. The SMILES string of the molecule is Cc1nn(-c2ccccc2)c(C)c1CN(C)C(=O)c1n[nH]c(C(C)C)c1Br. The molecule has 0 spiro atoms. The molecule has 0 unspecified atom stereocenters. The summed E-state index contributed by atoms with van der Waals surface area (Å²) in [5.74, 6) is 0.128. The monoisotopic (exact) mass is 429 g/mol. The molecule has 0 radical (unpaired) electrons. The van der Waals surface area contributed by atoms with Gasteiger partial charge in [0, 0.05) is 24.8 Å². The van der Waals surface area contributed by atoms with Crippen molar-refractivity contribution in [1.29, 1.82) is 0 Å². The molecule has 2 aromatic heterocycles. The summed E-state index contributed by atoms with van der Waals surface area (Å²) >= 11 is 3.51. The third-order valence-corrected chi connectivity index (χ3v) is 5.50. The van der Waals surface area contributed by atoms with Crippen LogP contribution in [0.15, 0.2) is 34.8 Å². The van der Waals surface area contributed by atoms with Crippen LogP contribution in [0.3, 0.4) is 0 Å². The van der Waals surface area contributed by atoms with Crippen molar-refractivity contribution in [3.8, 4) is 5.69 Å². The van der Waals surface area contributed by atoms with Gasteiger partial charge in [-0.3, -0.25) is 9.89 Å². The first kappa shape index (κ1) is 19.4. The predicted octanol–water partition coefficient (Wildman–Crippen LogP) is 4.37. The number of carbonyl (C=O) groups excluding carboxylic acids is 1. The van der Waals surface area contributed by atoms with Gasteiger partial charge in [-0.15, -0.1) is 0 Å². The number of H-pyrrole nitrogens is 1. The van der Waals surface area contributed by atoms with Crippen molar-refractivity contribution in [2.24, 2.45) is 0 Å². The number of carbonyl (C=O) groups is 1. The topological polar surface area (TPSA) is 66.8 Å². The molecule has 142 valence electrons. The van der Waals surface area contributed by atoms with Crippen molar-refractivity contribution in [1.82, 2.24) is 24.9 Å². The van der Waals surface area contributed by atoms with Crippen molar-refractivity contribution in [2.45, 2.75) is 40.2 Å². The number of aromatic amines is 1. The van der Waals surface area contributed by atoms with Crippen LogP contribution in [0.25, 0.3) is 5.69 Å². The standard InChI is InChI=1S/C20H24BrN5O/c1-12(2)18-17(21)19(23-22-18)20(27)25(5)11-16-13(3)24-26(14(16)4)15-9-7-6-8-10-15/h6-10,12H,11H2,1-5H3,(H,22,23). The van der Waals surface area contributed by atoms with Gasteiger partial charge in [-0.25, -0.2) is 4.68 Å². The number of nitrogens with one attached hydrogen (secondary N) is 1. The van der Waals surface area contributed by atoms with E-state index >= 15 is 0 Å². The molecule has 1 amide bonds. The first-order valence-corrected chi connectivity index (χ1v) is 9.70. The maximum absolute atomic E-state index is 12.9. The van der Waals surface area contributed by atoms with E-state index in [1.165, 1.54) is 0 Å². The minimum atomic E-state index is -0.128. The Morgan fingerprint density at radius 2 is 1.93 bits per heavy atom. The van der Waals surface area contributed by atoms with Gasteiger partial charge in [-0.05, 0) is 47.8 Å². The smallest absolute Gasteiger partial charge is 0.275 e. The van der Waals surface area contributed by atoms with Gasteiger partial charge < -0.3 is 4.90 Å². The van der Waals surface area contributed by atoms with Crippen LogP contribution < -0.4 is 0 Å². The van der Waals surface area contributed by atoms with E-state index in [1.807, 2.05) is 48.9 Å². The molecule has 1 aromatic carbocycles. The number of nitrogens with zero attached hydrogens (tertiary/aromatic N) is 4. The average Bonchev–Trinajstić information content (AvgIpc) is 3.16. The second-order valence-electron chi connectivity index (χ2n) is 7.01. The van der Waals surface area contributed by atoms with E-state index in [0.29, 0.717) is 12.2 Å². The second-order valence-corrected chi connectivity index (χ2v) is 7.81. The molecular weight excluding hydrogens is 406 g/mol. The van der Waals surface area contributed by atoms with Gasteiger partial charge in [0.2, 0.25) is 0 Å². The van der Waals surface area contributed by atoms with Gasteiger partial charge in [-0.1, -0.05) is 32.0 Å². The van der Waals surface area contributed by atoms with Crippen molar-refractivity contribution < 1.29 is 4.79 Å². The summed E-state index contributed by atoms with van der Waals surface area (Å²) in [5, 5.41) is 11.8. The normalized spacial score (nSPS) is 11.2. The van der Waals surface area contributed by atoms with Crippen LogP contribution in [0.4, 0.5) is 0 Å². The maximum Gasteiger partial charge on any atom is 0.275 e. The molecule has 3 rings (SSSR count). The van der Waals surface area contributed by atoms with Gasteiger partial charge >= 0.3 is 0 Å². The number of amides is 1. The zero-order valence-electron chi connectivity index (χ0n) is 16.2. The summed E-state index contributed by atoms with van der Waals surface area (Å²) < 4.78 is 2.66. The van der Waals surface area contributed by atoms with E-state index in [1.54, 1.807) is 11.9 Å². The molecule has 0 aliphatic carbocycles. The van der Waals surface area contributed by atoms with Gasteiger partial charge in [0.1, 0.15) is 0 Å². The fraction of sp³-hybridized carbons (Fsp3) is 0.350. The zero-order valence-corrected chi connectivity index (χ0v) is 17.8. The van der Waals surface area contributed by atoms with Crippen molar-refractivity contribution in [2.75, 3.05) is 7.05 Å². The van der Waals surface area contributed by atoms with Gasteiger partial charge in [0.05, 0.1) is 21.5 Å². The number of aromatic nitrogens is 4. The molecule has 0 fully saturated rings. The van der Waals surface area contributed by atoms with Gasteiger partial charge in [0.25, 0.3) is 5.91 Å². The lowest BCUT2D eigenvalue weighted by Gasteiger charge is -2.17. The molecule has 27 heavy (non-hydrogen) atoms. The molecule has 0 saturated heterocycles. The number of halogens is 1. The number of aryl methyl sites for hydroxylation is 1. The lowest BCUT2D eigenvalue weighted by molar-refractivity contribution is 0.0778. The Morgan fingerprint density at radius 3 is 2.52 bits per heavy atom. The van der Waals surface area contributed by atoms with Crippen LogP contribution in [-0.2, 0) is 6.54 Å². The summed E-state index contributed by atoms with van der Waals surface area (Å²) in [6, 6.07) is 10.00. The van der Waals surface area contributed by atoms with E-state index in [-0.39, 0.29) is 11.8 Å². The molecule has 0 atom stereocenters. The first-order valence-electron chi connectivity index (χ1n) is 8.91. The molecule has 0 bridgehead atoms. The van der Waals surface area contributed by atoms with Crippen molar-refractivity contribution >= 4 is 21.8 Å². The van der Waals surface area contributed by atoms with E-state index in [4.69, 9.17) is 0 Å². The highest BCUT2D eigenvalue weighted by Crippen LogP contribution is 2.27. The zero-order chi connectivity index (χ0) is 19.7. The Hall–Kier alpha value is -2.41. The third-order valence-electron chi connectivity index (χ3n) is 4.70. The summed E-state index contributed by atoms with van der Waals surface area (Å²) in [7, 11) is 1.79. The highest BCUT2D eigenvalue weighted by atomic mass is 79.9. The van der Waals surface area contributed by atoms with Crippen LogP contribution in [0.1, 0.15) is 52.9 Å². The Balaban J connectivity index is 1.85. The molecule has 1 N–H and O–H groups in total. The summed E-state index contributed by atoms with van der Waals surface area (Å²) in [4.78, 5) is 14.6. The van der Waals surface area contributed by atoms with Crippen molar-refractivity contribution in [3.63, 3.8) is 0 Å². The van der Waals surface area contributed by atoms with E-state index < -0.39 is 0 Å². The van der Waals surface area contributed by atoms with Crippen LogP contribution in [0.2, 0.25) is 0 Å². The van der Waals surface area contributed by atoms with E-state index in [0.717, 1.165) is 32.8 Å². The highest BCUT2D eigenvalue weighted by molar-refractivity contribution is 9.10. The fourth-order valence-electron chi connectivity index (χ4n) is 3.08. The molecule has 0 aliphatic heterocycles. The van der Waals surface area contributed by atoms with E-state index in [9.17, 15) is 4.79 Å². The minimum absolute atomic E-state index is 0.128. The van der Waals surface area contributed by atoms with Gasteiger partial charge in [0.15, 0.2) is 5.69 Å². The maximum atomic E-state index is 12.9. The number of benzene rings is 1. The molecule has 0 saturated carbocycles. The molecule has 0 aliphatic rings. The average molecular weight is 430 g/mol. The molecule has 2 heterocycles. The lowest BCUT2D eigenvalue weighted by Crippen LogP contribution is -2.27. The summed E-state index contributed by atoms with van der Waals surface area (Å²) in [6.45, 7) is 8.59. The quantitative estimate of drug-likeness (QED) is 0.654. The fourth-order valence-corrected chi connectivity index (χ4v) is 3.89. The molecule has 7 heteroatoms. The first-order chi connectivity index (χ1) is 12.8. The third kappa shape index (κ3) is 3.69. The Morgan fingerprint density at radius 1 is 1.26 bits per heavy atom. The van der Waals surface area contributed by atoms with Crippen LogP contribution >= 0.6 is 15.9 Å². The predicted molar refractivity (Wildman–Crippen MR) is 109 cm³/mol. The molecular formula is C20H24BrN5O. The Kier molecular flexibility index (Phi) is 5.51. The van der Waals surface area contributed by atoms with Crippen LogP contribution in [0, 0.1) is 13.8 Å². The number of para-hydroxylation sites is 1. The van der Waals surface area contributed by atoms with Crippen molar-refractivity contribution in [3.05, 3.63) is 63.1 Å². The summed E-state index contributed by atoms with van der Waals surface area (Å²) in [6.07, 6.45) is 0. The van der Waals surface area contributed by atoms with Crippen LogP contribution in [0.5, 0.6) is 0 Å². The highest BCUT2D eigenvalue weighted by Gasteiger charge is 2.24. The number of hydrogen-bond acceptors (Lipinski definition) is 3. The Labute approximate surface area is 167 Å². The number of rotatable bonds is 5. The van der Waals surface area contributed by atoms with Gasteiger partial charge in [-0.2, -0.15) is 10.2 Å². The summed E-state index contributed by atoms with van der Waals surface area (Å²) in [5.41, 5.74) is 5.34. The lowest BCUT2D eigenvalue weighted by atomic mass is 10.1. The van der Waals surface area contributed by atoms with E-state index in [2.05, 4.69) is 45.1 Å². The number of hydrogen-bond donors (Lipinski definition) is 1. The second kappa shape index (κ2) is 7.68. The molecule has 6 nitrogen and oxygen atoms in total. The van der Waals surface area contributed by atoms with Crippen LogP contribution in [-0.4, -0.2) is 37.8 Å². The largest absolute Gasteiger partial charge is 0.336 e. The molecule has 3 aromatic rings. The Bertz CT molecular complexity index is 958.